The van der Waals surface area contributed by atoms with Crippen molar-refractivity contribution in [1.82, 2.24) is 0 Å². The highest BCUT2D eigenvalue weighted by Gasteiger charge is 2.21. The highest BCUT2D eigenvalue weighted by Crippen LogP contribution is 2.14. The smallest absolute Gasteiger partial charge is 0.374 e. The van der Waals surface area contributed by atoms with Crippen molar-refractivity contribution in [2.45, 2.75) is 26.4 Å². The molecule has 0 radical (unpaired) electrons. The van der Waals surface area contributed by atoms with Gasteiger partial charge in [0, 0.05) is 6.07 Å². The number of esters is 1. The van der Waals surface area contributed by atoms with E-state index >= 15 is 0 Å². The van der Waals surface area contributed by atoms with Gasteiger partial charge in [0.15, 0.2) is 0 Å². The molecule has 15 heavy (non-hydrogen) atoms. The number of carboxylic acid groups (broad SMARTS) is 1. The molecule has 0 saturated heterocycles. The minimum Gasteiger partial charge on any atom is -0.478 e. The Hall–Kier alpha value is -1.78. The summed E-state index contributed by atoms with van der Waals surface area (Å²) in [6.07, 6.45) is 1.00. The molecule has 82 valence electrons. The number of rotatable bonds is 2. The van der Waals surface area contributed by atoms with Crippen LogP contribution in [0.3, 0.4) is 0 Å². The summed E-state index contributed by atoms with van der Waals surface area (Å²) < 4.78 is 9.77. The number of ether oxygens (including phenoxy) is 1. The lowest BCUT2D eigenvalue weighted by molar-refractivity contribution is 0.00359. The number of hydrogen-bond acceptors (Lipinski definition) is 4. The van der Waals surface area contributed by atoms with Crippen LogP contribution in [0, 0.1) is 0 Å². The quantitative estimate of drug-likeness (QED) is 0.758. The molecule has 0 aromatic carbocycles. The van der Waals surface area contributed by atoms with Gasteiger partial charge < -0.3 is 14.3 Å². The van der Waals surface area contributed by atoms with E-state index in [1.807, 2.05) is 0 Å². The van der Waals surface area contributed by atoms with Crippen molar-refractivity contribution in [3.63, 3.8) is 0 Å². The second-order valence-electron chi connectivity index (χ2n) is 4.01. The fourth-order valence-corrected chi connectivity index (χ4v) is 0.884. The van der Waals surface area contributed by atoms with Crippen LogP contribution in [-0.2, 0) is 4.74 Å². The largest absolute Gasteiger partial charge is 0.478 e. The van der Waals surface area contributed by atoms with Crippen LogP contribution in [-0.4, -0.2) is 22.6 Å². The molecule has 1 heterocycles. The van der Waals surface area contributed by atoms with Gasteiger partial charge >= 0.3 is 11.9 Å². The van der Waals surface area contributed by atoms with E-state index in [1.54, 1.807) is 20.8 Å². The van der Waals surface area contributed by atoms with Crippen LogP contribution in [0.1, 0.15) is 41.7 Å². The summed E-state index contributed by atoms with van der Waals surface area (Å²) in [6.45, 7) is 5.14. The Bertz CT molecular complexity index is 383. The standard InChI is InChI=1S/C10H12O5/c1-10(2,3)15-9(13)7-4-6(5-14-7)8(11)12/h4-5H,1-3H3,(H,11,12). The van der Waals surface area contributed by atoms with E-state index < -0.39 is 17.5 Å². The lowest BCUT2D eigenvalue weighted by Gasteiger charge is -2.18. The van der Waals surface area contributed by atoms with Gasteiger partial charge in [-0.25, -0.2) is 9.59 Å². The van der Waals surface area contributed by atoms with Crippen LogP contribution in [0.4, 0.5) is 0 Å². The molecule has 0 fully saturated rings. The molecule has 0 amide bonds. The molecule has 0 spiro atoms. The maximum absolute atomic E-state index is 11.4. The van der Waals surface area contributed by atoms with Gasteiger partial charge in [0.2, 0.25) is 5.76 Å². The molecule has 1 aromatic rings. The fraction of sp³-hybridized carbons (Fsp3) is 0.400. The highest BCUT2D eigenvalue weighted by molar-refractivity contribution is 5.92. The predicted octanol–water partition coefficient (Wildman–Crippen LogP) is 1.93. The first-order valence-corrected chi connectivity index (χ1v) is 4.35. The van der Waals surface area contributed by atoms with Crippen LogP contribution >= 0.6 is 0 Å². The van der Waals surface area contributed by atoms with E-state index in [0.717, 1.165) is 12.3 Å². The summed E-state index contributed by atoms with van der Waals surface area (Å²) in [6, 6.07) is 1.14. The van der Waals surface area contributed by atoms with Crippen molar-refractivity contribution in [2.24, 2.45) is 0 Å². The minimum absolute atomic E-state index is 0.0733. The van der Waals surface area contributed by atoms with E-state index in [9.17, 15) is 9.59 Å². The molecule has 0 saturated carbocycles. The van der Waals surface area contributed by atoms with Gasteiger partial charge in [0.25, 0.3) is 0 Å². The maximum Gasteiger partial charge on any atom is 0.374 e. The Kier molecular flexibility index (Phi) is 2.83. The molecule has 5 heteroatoms. The third kappa shape index (κ3) is 3.12. The van der Waals surface area contributed by atoms with Gasteiger partial charge in [0.05, 0.1) is 5.56 Å². The van der Waals surface area contributed by atoms with E-state index in [-0.39, 0.29) is 11.3 Å². The molecule has 0 atom stereocenters. The second kappa shape index (κ2) is 3.76. The molecule has 1 N–H and O–H groups in total. The van der Waals surface area contributed by atoms with E-state index in [4.69, 9.17) is 14.3 Å². The average Bonchev–Trinajstić information content (AvgIpc) is 2.47. The Morgan fingerprint density at radius 3 is 2.40 bits per heavy atom. The number of carbonyl (C=O) groups is 2. The third-order valence-electron chi connectivity index (χ3n) is 1.45. The van der Waals surface area contributed by atoms with Crippen molar-refractivity contribution in [1.29, 1.82) is 0 Å². The normalized spacial score (nSPS) is 11.1. The lowest BCUT2D eigenvalue weighted by atomic mass is 10.2. The van der Waals surface area contributed by atoms with Gasteiger partial charge in [-0.05, 0) is 20.8 Å². The molecule has 0 aliphatic heterocycles. The summed E-state index contributed by atoms with van der Waals surface area (Å²) in [5.74, 6) is -1.93. The van der Waals surface area contributed by atoms with Crippen molar-refractivity contribution >= 4 is 11.9 Å². The second-order valence-corrected chi connectivity index (χ2v) is 4.01. The maximum atomic E-state index is 11.4. The molecule has 1 rings (SSSR count). The number of furan rings is 1. The zero-order chi connectivity index (χ0) is 11.6. The minimum atomic E-state index is -1.14. The first-order chi connectivity index (χ1) is 6.79. The summed E-state index contributed by atoms with van der Waals surface area (Å²) in [4.78, 5) is 21.9. The van der Waals surface area contributed by atoms with E-state index in [1.165, 1.54) is 0 Å². The van der Waals surface area contributed by atoms with Gasteiger partial charge in [-0.15, -0.1) is 0 Å². The number of carboxylic acids is 1. The Balaban J connectivity index is 2.79. The molecule has 1 aromatic heterocycles. The topological polar surface area (TPSA) is 76.7 Å². The lowest BCUT2D eigenvalue weighted by Crippen LogP contribution is -2.23. The first-order valence-electron chi connectivity index (χ1n) is 4.35. The predicted molar refractivity (Wildman–Crippen MR) is 50.8 cm³/mol. The molecule has 0 aliphatic rings. The Labute approximate surface area is 86.6 Å². The van der Waals surface area contributed by atoms with Crippen LogP contribution in [0.2, 0.25) is 0 Å². The summed E-state index contributed by atoms with van der Waals surface area (Å²) in [5.41, 5.74) is -0.705. The van der Waals surface area contributed by atoms with Crippen LogP contribution in [0.15, 0.2) is 16.7 Å². The molecule has 5 nitrogen and oxygen atoms in total. The van der Waals surface area contributed by atoms with Crippen molar-refractivity contribution in [3.05, 3.63) is 23.7 Å². The summed E-state index contributed by atoms with van der Waals surface area (Å²) in [7, 11) is 0. The molecule has 0 aliphatic carbocycles. The molecular formula is C10H12O5. The molecular weight excluding hydrogens is 200 g/mol. The average molecular weight is 212 g/mol. The van der Waals surface area contributed by atoms with Crippen LogP contribution in [0.25, 0.3) is 0 Å². The van der Waals surface area contributed by atoms with Crippen molar-refractivity contribution in [2.75, 3.05) is 0 Å². The van der Waals surface area contributed by atoms with Crippen LogP contribution in [0.5, 0.6) is 0 Å². The zero-order valence-electron chi connectivity index (χ0n) is 8.73. The van der Waals surface area contributed by atoms with E-state index in [2.05, 4.69) is 0 Å². The molecule has 0 unspecified atom stereocenters. The summed E-state index contributed by atoms with van der Waals surface area (Å²) >= 11 is 0. The summed E-state index contributed by atoms with van der Waals surface area (Å²) in [5, 5.41) is 8.60. The number of hydrogen-bond donors (Lipinski definition) is 1. The van der Waals surface area contributed by atoms with Crippen LogP contribution < -0.4 is 0 Å². The number of aromatic carboxylic acids is 1. The van der Waals surface area contributed by atoms with Gasteiger partial charge in [-0.1, -0.05) is 0 Å². The fourth-order valence-electron chi connectivity index (χ4n) is 0.884. The monoisotopic (exact) mass is 212 g/mol. The molecule has 0 bridgehead atoms. The SMILES string of the molecule is CC(C)(C)OC(=O)c1cc(C(=O)O)co1. The van der Waals surface area contributed by atoms with Gasteiger partial charge in [0.1, 0.15) is 11.9 Å². The highest BCUT2D eigenvalue weighted by atomic mass is 16.6. The first kappa shape index (κ1) is 11.3. The number of carbonyl (C=O) groups excluding carboxylic acids is 1. The van der Waals surface area contributed by atoms with E-state index in [0.29, 0.717) is 0 Å². The van der Waals surface area contributed by atoms with Gasteiger partial charge in [-0.2, -0.15) is 0 Å². The van der Waals surface area contributed by atoms with Crippen molar-refractivity contribution < 1.29 is 23.8 Å². The Morgan fingerprint density at radius 2 is 2.00 bits per heavy atom. The van der Waals surface area contributed by atoms with Gasteiger partial charge in [-0.3, -0.25) is 0 Å². The zero-order valence-corrected chi connectivity index (χ0v) is 8.73. The van der Waals surface area contributed by atoms with Crippen molar-refractivity contribution in [3.8, 4) is 0 Å². The Morgan fingerprint density at radius 1 is 1.40 bits per heavy atom. The third-order valence-corrected chi connectivity index (χ3v) is 1.45.